The van der Waals surface area contributed by atoms with Crippen molar-refractivity contribution in [3.63, 3.8) is 0 Å². The third-order valence-corrected chi connectivity index (χ3v) is 8.18. The van der Waals surface area contributed by atoms with E-state index in [9.17, 15) is 9.59 Å². The highest BCUT2D eigenvalue weighted by Gasteiger charge is 2.85. The first-order valence-electron chi connectivity index (χ1n) is 8.94. The molecule has 138 valence electrons. The molecule has 2 aliphatic heterocycles. The van der Waals surface area contributed by atoms with Gasteiger partial charge in [-0.1, -0.05) is 60.7 Å². The second-order valence-corrected chi connectivity index (χ2v) is 9.58. The van der Waals surface area contributed by atoms with Gasteiger partial charge < -0.3 is 9.64 Å². The second kappa shape index (κ2) is 5.76. The number of hydrogen-bond donors (Lipinski definition) is 0. The molecule has 0 N–H and O–H groups in total. The average Bonchev–Trinajstić information content (AvgIpc) is 3.24. The number of fused-ring (bicyclic) bond motifs is 3. The van der Waals surface area contributed by atoms with Crippen LogP contribution in [0, 0.1) is 0 Å². The summed E-state index contributed by atoms with van der Waals surface area (Å²) in [4.78, 5) is 27.3. The Kier molecular flexibility index (Phi) is 3.66. The maximum absolute atomic E-state index is 13.3. The molecule has 0 aromatic heterocycles. The van der Waals surface area contributed by atoms with Gasteiger partial charge in [0, 0.05) is 6.42 Å². The molecule has 3 fully saturated rings. The summed E-state index contributed by atoms with van der Waals surface area (Å²) < 4.78 is 5.75. The van der Waals surface area contributed by atoms with Gasteiger partial charge in [0.1, 0.15) is 10.8 Å². The predicted octanol–water partition coefficient (Wildman–Crippen LogP) is 3.74. The number of nitrogens with zero attached hydrogens (tertiary/aromatic N) is 1. The third kappa shape index (κ3) is 2.25. The van der Waals surface area contributed by atoms with E-state index in [2.05, 4.69) is 0 Å². The topological polar surface area (TPSA) is 46.6 Å². The summed E-state index contributed by atoms with van der Waals surface area (Å²) in [6, 6.07) is 19.4. The van der Waals surface area contributed by atoms with Gasteiger partial charge in [-0.15, -0.1) is 23.4 Å². The second-order valence-electron chi connectivity index (χ2n) is 7.49. The van der Waals surface area contributed by atoms with Crippen LogP contribution in [0.5, 0.6) is 0 Å². The molecule has 0 unspecified atom stereocenters. The van der Waals surface area contributed by atoms with E-state index in [0.717, 1.165) is 11.1 Å². The Morgan fingerprint density at radius 1 is 1.15 bits per heavy atom. The molecule has 0 spiro atoms. The van der Waals surface area contributed by atoms with Gasteiger partial charge in [-0.05, 0) is 18.1 Å². The highest BCUT2D eigenvalue weighted by atomic mass is 35.5. The maximum atomic E-state index is 13.3. The van der Waals surface area contributed by atoms with Crippen molar-refractivity contribution in [1.82, 2.24) is 4.90 Å². The van der Waals surface area contributed by atoms with Crippen LogP contribution in [-0.4, -0.2) is 37.8 Å². The summed E-state index contributed by atoms with van der Waals surface area (Å²) >= 11 is 7.77. The minimum atomic E-state index is -0.882. The van der Waals surface area contributed by atoms with E-state index in [4.69, 9.17) is 16.3 Å². The number of alkyl halides is 1. The monoisotopic (exact) mass is 399 g/mol. The third-order valence-electron chi connectivity index (χ3n) is 5.88. The molecule has 5 rings (SSSR count). The molecule has 27 heavy (non-hydrogen) atoms. The Bertz CT molecular complexity index is 884. The number of halogens is 1. The van der Waals surface area contributed by atoms with Gasteiger partial charge in [0.2, 0.25) is 5.91 Å². The number of benzene rings is 2. The van der Waals surface area contributed by atoms with Gasteiger partial charge in [-0.3, -0.25) is 4.79 Å². The molecule has 1 amide bonds. The SMILES string of the molecule is C[C@]12C[C@@]1(C(=O)OC(c1ccccc1)c1ccccc1)N1C(=O)[C@H](Cl)[C@H]1S2. The van der Waals surface area contributed by atoms with Crippen LogP contribution in [0.2, 0.25) is 0 Å². The summed E-state index contributed by atoms with van der Waals surface area (Å²) in [5.74, 6) is -0.502. The number of β-lactam (4-membered cyclic amide) rings is 1. The number of ether oxygens (including phenoxy) is 1. The van der Waals surface area contributed by atoms with Crippen molar-refractivity contribution in [2.75, 3.05) is 0 Å². The first-order chi connectivity index (χ1) is 13.0. The Balaban J connectivity index is 1.48. The molecular weight excluding hydrogens is 382 g/mol. The van der Waals surface area contributed by atoms with E-state index in [1.807, 2.05) is 67.6 Å². The quantitative estimate of drug-likeness (QED) is 0.446. The zero-order chi connectivity index (χ0) is 18.8. The molecule has 0 bridgehead atoms. The largest absolute Gasteiger partial charge is 0.451 e. The van der Waals surface area contributed by atoms with Crippen LogP contribution in [0.25, 0.3) is 0 Å². The molecule has 2 saturated heterocycles. The van der Waals surface area contributed by atoms with Crippen LogP contribution in [0.4, 0.5) is 0 Å². The standard InChI is InChI=1S/C21H18ClNO3S/c1-20-12-21(20,23-17(24)15(22)18(23)27-20)19(25)26-16(13-8-4-2-5-9-13)14-10-6-3-7-11-14/h2-11,15-16,18H,12H2,1H3/t15-,18+,20-,21-/m0/s1. The van der Waals surface area contributed by atoms with Crippen LogP contribution in [0.15, 0.2) is 60.7 Å². The molecule has 1 aliphatic carbocycles. The number of thioether (sulfide) groups is 1. The van der Waals surface area contributed by atoms with E-state index < -0.39 is 17.0 Å². The number of carbonyl (C=O) groups is 2. The average molecular weight is 400 g/mol. The lowest BCUT2D eigenvalue weighted by molar-refractivity contribution is -0.165. The zero-order valence-corrected chi connectivity index (χ0v) is 16.2. The number of carbonyl (C=O) groups excluding carboxylic acids is 2. The van der Waals surface area contributed by atoms with E-state index in [1.54, 1.807) is 16.7 Å². The number of amides is 1. The van der Waals surface area contributed by atoms with Gasteiger partial charge in [-0.2, -0.15) is 0 Å². The van der Waals surface area contributed by atoms with Crippen molar-refractivity contribution in [3.05, 3.63) is 71.8 Å². The summed E-state index contributed by atoms with van der Waals surface area (Å²) in [6.45, 7) is 2.02. The van der Waals surface area contributed by atoms with Crippen molar-refractivity contribution in [1.29, 1.82) is 0 Å². The fraction of sp³-hybridized carbons (Fsp3) is 0.333. The minimum Gasteiger partial charge on any atom is -0.451 e. The van der Waals surface area contributed by atoms with E-state index >= 15 is 0 Å². The van der Waals surface area contributed by atoms with Crippen molar-refractivity contribution < 1.29 is 14.3 Å². The highest BCUT2D eigenvalue weighted by molar-refractivity contribution is 8.02. The zero-order valence-electron chi connectivity index (χ0n) is 14.7. The fourth-order valence-electron chi connectivity index (χ4n) is 4.31. The van der Waals surface area contributed by atoms with Crippen LogP contribution < -0.4 is 0 Å². The first-order valence-corrected chi connectivity index (χ1v) is 10.3. The lowest BCUT2D eigenvalue weighted by Gasteiger charge is -2.43. The number of esters is 1. The smallest absolute Gasteiger partial charge is 0.334 e. The summed E-state index contributed by atoms with van der Waals surface area (Å²) in [5, 5.41) is -0.666. The molecule has 2 aromatic carbocycles. The van der Waals surface area contributed by atoms with Gasteiger partial charge in [0.05, 0.1) is 4.75 Å². The van der Waals surface area contributed by atoms with Crippen LogP contribution in [-0.2, 0) is 14.3 Å². The molecule has 6 heteroatoms. The Labute approximate surface area is 166 Å². The van der Waals surface area contributed by atoms with Crippen molar-refractivity contribution in [3.8, 4) is 0 Å². The van der Waals surface area contributed by atoms with Gasteiger partial charge >= 0.3 is 5.97 Å². The van der Waals surface area contributed by atoms with Crippen LogP contribution in [0.3, 0.4) is 0 Å². The van der Waals surface area contributed by atoms with Crippen molar-refractivity contribution in [2.24, 2.45) is 0 Å². The predicted molar refractivity (Wildman–Crippen MR) is 104 cm³/mol. The van der Waals surface area contributed by atoms with E-state index in [-0.39, 0.29) is 22.0 Å². The summed E-state index contributed by atoms with van der Waals surface area (Å²) in [7, 11) is 0. The Morgan fingerprint density at radius 3 is 2.26 bits per heavy atom. The summed E-state index contributed by atoms with van der Waals surface area (Å²) in [5.41, 5.74) is 0.929. The lowest BCUT2D eigenvalue weighted by Crippen LogP contribution is -2.65. The molecule has 0 radical (unpaired) electrons. The van der Waals surface area contributed by atoms with Gasteiger partial charge in [-0.25, -0.2) is 4.79 Å². The maximum Gasteiger partial charge on any atom is 0.334 e. The first kappa shape index (κ1) is 17.1. The van der Waals surface area contributed by atoms with E-state index in [1.165, 1.54) is 0 Å². The van der Waals surface area contributed by atoms with Crippen molar-refractivity contribution in [2.45, 2.75) is 40.5 Å². The van der Waals surface area contributed by atoms with E-state index in [0.29, 0.717) is 6.42 Å². The molecule has 4 atom stereocenters. The highest BCUT2D eigenvalue weighted by Crippen LogP contribution is 2.72. The van der Waals surface area contributed by atoms with Crippen LogP contribution >= 0.6 is 23.4 Å². The summed E-state index contributed by atoms with van der Waals surface area (Å²) in [6.07, 6.45) is 0.109. The van der Waals surface area contributed by atoms with Gasteiger partial charge in [0.25, 0.3) is 0 Å². The number of rotatable bonds is 4. The molecule has 2 aromatic rings. The molecule has 4 nitrogen and oxygen atoms in total. The minimum absolute atomic E-state index is 0.127. The molecule has 3 aliphatic rings. The van der Waals surface area contributed by atoms with Crippen molar-refractivity contribution >= 4 is 35.2 Å². The molecule has 1 saturated carbocycles. The van der Waals surface area contributed by atoms with Crippen LogP contribution in [0.1, 0.15) is 30.6 Å². The lowest BCUT2D eigenvalue weighted by atomic mass is 10.0. The van der Waals surface area contributed by atoms with Gasteiger partial charge in [0.15, 0.2) is 11.6 Å². The molecular formula is C21H18ClNO3S. The Morgan fingerprint density at radius 2 is 1.70 bits per heavy atom. The normalized spacial score (nSPS) is 33.3. The number of hydrogen-bond acceptors (Lipinski definition) is 4. The fourth-order valence-corrected chi connectivity index (χ4v) is 6.51. The molecule has 2 heterocycles. The Hall–Kier alpha value is -1.98.